The van der Waals surface area contributed by atoms with Crippen molar-refractivity contribution in [3.63, 3.8) is 0 Å². The summed E-state index contributed by atoms with van der Waals surface area (Å²) in [5, 5.41) is 9.57. The zero-order valence-electron chi connectivity index (χ0n) is 7.46. The van der Waals surface area contributed by atoms with E-state index in [4.69, 9.17) is 0 Å². The number of hydrogen-bond acceptors (Lipinski definition) is 1. The maximum absolute atomic E-state index is 12.7. The lowest BCUT2D eigenvalue weighted by Gasteiger charge is -2.06. The van der Waals surface area contributed by atoms with Crippen molar-refractivity contribution in [1.29, 1.82) is 0 Å². The van der Waals surface area contributed by atoms with Gasteiger partial charge in [-0.15, -0.1) is 0 Å². The van der Waals surface area contributed by atoms with Crippen molar-refractivity contribution in [3.8, 4) is 0 Å². The number of aryl methyl sites for hydroxylation is 1. The van der Waals surface area contributed by atoms with Crippen LogP contribution in [0.5, 0.6) is 0 Å². The highest BCUT2D eigenvalue weighted by molar-refractivity contribution is 5.17. The zero-order chi connectivity index (χ0) is 9.31. The van der Waals surface area contributed by atoms with Gasteiger partial charge in [-0.3, -0.25) is 0 Å². The molecule has 0 aliphatic heterocycles. The van der Waals surface area contributed by atoms with Gasteiger partial charge in [0.1, 0.15) is 5.82 Å². The lowest BCUT2D eigenvalue weighted by atomic mass is 10.1. The van der Waals surface area contributed by atoms with E-state index in [0.29, 0.717) is 0 Å². The molecule has 0 amide bonds. The van der Waals surface area contributed by atoms with Gasteiger partial charge in [-0.1, -0.05) is 12.1 Å². The molecule has 1 aliphatic carbocycles. The molecule has 1 nitrogen and oxygen atoms in total. The molecular weight excluding hydrogens is 167 g/mol. The van der Waals surface area contributed by atoms with Crippen molar-refractivity contribution in [2.24, 2.45) is 0 Å². The Morgan fingerprint density at radius 2 is 2.15 bits per heavy atom. The summed E-state index contributed by atoms with van der Waals surface area (Å²) >= 11 is 0. The van der Waals surface area contributed by atoms with Crippen molar-refractivity contribution in [2.75, 3.05) is 0 Å². The van der Waals surface area contributed by atoms with E-state index in [2.05, 4.69) is 0 Å². The molecule has 0 bridgehead atoms. The number of rotatable bonds is 3. The monoisotopic (exact) mass is 180 g/mol. The van der Waals surface area contributed by atoms with Crippen LogP contribution in [0.1, 0.15) is 24.8 Å². The van der Waals surface area contributed by atoms with Crippen LogP contribution in [-0.4, -0.2) is 10.7 Å². The Hall–Kier alpha value is -0.890. The second kappa shape index (κ2) is 3.11. The molecule has 70 valence electrons. The largest absolute Gasteiger partial charge is 0.390 e. The van der Waals surface area contributed by atoms with E-state index >= 15 is 0 Å². The average Bonchev–Trinajstić information content (AvgIpc) is 2.82. The summed E-state index contributed by atoms with van der Waals surface area (Å²) < 4.78 is 12.7. The standard InChI is InChI=1S/C11H13FO/c12-10-3-1-2-9(8-10)4-5-11(13)6-7-11/h1-3,8,13H,4-7H2. The van der Waals surface area contributed by atoms with E-state index < -0.39 is 5.60 Å². The maximum Gasteiger partial charge on any atom is 0.123 e. The smallest absolute Gasteiger partial charge is 0.123 e. The van der Waals surface area contributed by atoms with Gasteiger partial charge < -0.3 is 5.11 Å². The van der Waals surface area contributed by atoms with Gasteiger partial charge in [0, 0.05) is 0 Å². The highest BCUT2D eigenvalue weighted by atomic mass is 19.1. The Morgan fingerprint density at radius 1 is 1.38 bits per heavy atom. The lowest BCUT2D eigenvalue weighted by molar-refractivity contribution is 0.140. The van der Waals surface area contributed by atoms with Gasteiger partial charge in [0.2, 0.25) is 0 Å². The first-order valence-electron chi connectivity index (χ1n) is 4.65. The van der Waals surface area contributed by atoms with E-state index in [1.54, 1.807) is 6.07 Å². The fourth-order valence-electron chi connectivity index (χ4n) is 1.46. The van der Waals surface area contributed by atoms with E-state index in [-0.39, 0.29) is 5.82 Å². The minimum atomic E-state index is -0.424. The van der Waals surface area contributed by atoms with E-state index in [1.807, 2.05) is 6.07 Å². The molecule has 0 radical (unpaired) electrons. The van der Waals surface area contributed by atoms with Crippen LogP contribution in [-0.2, 0) is 6.42 Å². The topological polar surface area (TPSA) is 20.2 Å². The van der Waals surface area contributed by atoms with Crippen molar-refractivity contribution < 1.29 is 9.50 Å². The highest BCUT2D eigenvalue weighted by Gasteiger charge is 2.39. The molecule has 1 fully saturated rings. The molecule has 0 saturated heterocycles. The van der Waals surface area contributed by atoms with E-state index in [0.717, 1.165) is 31.2 Å². The molecule has 13 heavy (non-hydrogen) atoms. The third-order valence-corrected chi connectivity index (χ3v) is 2.60. The quantitative estimate of drug-likeness (QED) is 0.756. The van der Waals surface area contributed by atoms with Gasteiger partial charge in [-0.2, -0.15) is 0 Å². The van der Waals surface area contributed by atoms with Crippen LogP contribution >= 0.6 is 0 Å². The van der Waals surface area contributed by atoms with Gasteiger partial charge >= 0.3 is 0 Å². The number of benzene rings is 1. The fourth-order valence-corrected chi connectivity index (χ4v) is 1.46. The molecule has 1 saturated carbocycles. The van der Waals surface area contributed by atoms with E-state index in [9.17, 15) is 9.50 Å². The molecule has 0 spiro atoms. The number of halogens is 1. The first kappa shape index (κ1) is 8.70. The van der Waals surface area contributed by atoms with Crippen LogP contribution in [0.4, 0.5) is 4.39 Å². The van der Waals surface area contributed by atoms with Crippen LogP contribution in [0.25, 0.3) is 0 Å². The van der Waals surface area contributed by atoms with Crippen LogP contribution in [0.2, 0.25) is 0 Å². The molecular formula is C11H13FO. The molecule has 0 heterocycles. The van der Waals surface area contributed by atoms with Gasteiger partial charge in [0.15, 0.2) is 0 Å². The summed E-state index contributed by atoms with van der Waals surface area (Å²) in [5.74, 6) is -0.194. The van der Waals surface area contributed by atoms with Crippen molar-refractivity contribution in [1.82, 2.24) is 0 Å². The summed E-state index contributed by atoms with van der Waals surface area (Å²) in [6, 6.07) is 6.58. The van der Waals surface area contributed by atoms with Crippen LogP contribution in [0, 0.1) is 5.82 Å². The Morgan fingerprint density at radius 3 is 2.77 bits per heavy atom. The molecule has 1 aromatic rings. The Balaban J connectivity index is 1.94. The van der Waals surface area contributed by atoms with Gasteiger partial charge in [-0.05, 0) is 43.4 Å². The van der Waals surface area contributed by atoms with Crippen LogP contribution in [0.15, 0.2) is 24.3 Å². The number of aliphatic hydroxyl groups is 1. The van der Waals surface area contributed by atoms with Gasteiger partial charge in [0.25, 0.3) is 0 Å². The first-order valence-corrected chi connectivity index (χ1v) is 4.65. The molecule has 1 N–H and O–H groups in total. The second-order valence-corrected chi connectivity index (χ2v) is 3.85. The predicted molar refractivity (Wildman–Crippen MR) is 48.9 cm³/mol. The molecule has 0 aromatic heterocycles. The molecule has 1 aliphatic rings. The van der Waals surface area contributed by atoms with Gasteiger partial charge in [0.05, 0.1) is 5.60 Å². The van der Waals surface area contributed by atoms with Crippen LogP contribution in [0.3, 0.4) is 0 Å². The van der Waals surface area contributed by atoms with Gasteiger partial charge in [-0.25, -0.2) is 4.39 Å². The number of hydrogen-bond donors (Lipinski definition) is 1. The summed E-state index contributed by atoms with van der Waals surface area (Å²) in [7, 11) is 0. The predicted octanol–water partition coefficient (Wildman–Crippen LogP) is 2.28. The summed E-state index contributed by atoms with van der Waals surface area (Å²) in [5.41, 5.74) is 0.548. The van der Waals surface area contributed by atoms with Crippen molar-refractivity contribution in [2.45, 2.75) is 31.3 Å². The normalized spacial score (nSPS) is 18.6. The Bertz CT molecular complexity index is 305. The molecule has 2 heteroatoms. The SMILES string of the molecule is OC1(CCc2cccc(F)c2)CC1. The van der Waals surface area contributed by atoms with Crippen molar-refractivity contribution in [3.05, 3.63) is 35.6 Å². The zero-order valence-corrected chi connectivity index (χ0v) is 7.46. The van der Waals surface area contributed by atoms with Crippen molar-refractivity contribution >= 4 is 0 Å². The lowest BCUT2D eigenvalue weighted by Crippen LogP contribution is -2.07. The molecule has 1 aromatic carbocycles. The molecule has 0 atom stereocenters. The second-order valence-electron chi connectivity index (χ2n) is 3.85. The average molecular weight is 180 g/mol. The highest BCUT2D eigenvalue weighted by Crippen LogP contribution is 2.39. The minimum absolute atomic E-state index is 0.194. The molecule has 0 unspecified atom stereocenters. The fraction of sp³-hybridized carbons (Fsp3) is 0.455. The Labute approximate surface area is 77.2 Å². The Kier molecular flexibility index (Phi) is 2.08. The van der Waals surface area contributed by atoms with E-state index in [1.165, 1.54) is 12.1 Å². The maximum atomic E-state index is 12.7. The first-order chi connectivity index (χ1) is 6.18. The minimum Gasteiger partial charge on any atom is -0.390 e. The summed E-state index contributed by atoms with van der Waals surface area (Å²) in [6.07, 6.45) is 3.34. The third-order valence-electron chi connectivity index (χ3n) is 2.60. The molecule has 2 rings (SSSR count). The van der Waals surface area contributed by atoms with Crippen LogP contribution < -0.4 is 0 Å². The summed E-state index contributed by atoms with van der Waals surface area (Å²) in [6.45, 7) is 0. The summed E-state index contributed by atoms with van der Waals surface area (Å²) in [4.78, 5) is 0. The third kappa shape index (κ3) is 2.28.